The standard InChI is InChI=1S/C14H17BrN2O/c1-10-9-13(18)16-17-14(10)12-6-4-11(5-7-12)3-2-8-15/h4-7,10H,2-3,8-9H2,1H3,(H,16,18). The zero-order chi connectivity index (χ0) is 13.0. The van der Waals surface area contributed by atoms with E-state index in [2.05, 4.69) is 50.7 Å². The number of amides is 1. The molecule has 18 heavy (non-hydrogen) atoms. The molecule has 0 aliphatic carbocycles. The molecule has 96 valence electrons. The van der Waals surface area contributed by atoms with Crippen molar-refractivity contribution >= 4 is 27.5 Å². The van der Waals surface area contributed by atoms with E-state index in [0.717, 1.165) is 29.4 Å². The van der Waals surface area contributed by atoms with Gasteiger partial charge in [0.25, 0.3) is 0 Å². The summed E-state index contributed by atoms with van der Waals surface area (Å²) >= 11 is 3.44. The van der Waals surface area contributed by atoms with E-state index in [9.17, 15) is 4.79 Å². The molecule has 4 heteroatoms. The molecule has 1 aliphatic heterocycles. The molecule has 1 aromatic carbocycles. The van der Waals surface area contributed by atoms with Crippen LogP contribution in [0.5, 0.6) is 0 Å². The fraction of sp³-hybridized carbons (Fsp3) is 0.429. The van der Waals surface area contributed by atoms with Crippen LogP contribution in [-0.2, 0) is 11.2 Å². The highest BCUT2D eigenvalue weighted by molar-refractivity contribution is 9.09. The second kappa shape index (κ2) is 6.14. The molecule has 0 radical (unpaired) electrons. The van der Waals surface area contributed by atoms with E-state index in [-0.39, 0.29) is 11.8 Å². The fourth-order valence-corrected chi connectivity index (χ4v) is 2.40. The number of benzene rings is 1. The first-order chi connectivity index (χ1) is 8.70. The SMILES string of the molecule is CC1CC(=O)NN=C1c1ccc(CCCBr)cc1. The molecule has 2 rings (SSSR count). The van der Waals surface area contributed by atoms with E-state index in [0.29, 0.717) is 6.42 Å². The number of halogens is 1. The Kier molecular flexibility index (Phi) is 4.53. The molecule has 3 nitrogen and oxygen atoms in total. The molecule has 1 atom stereocenters. The number of aryl methyl sites for hydroxylation is 1. The molecule has 0 saturated heterocycles. The number of hydrazone groups is 1. The third-order valence-electron chi connectivity index (χ3n) is 3.11. The zero-order valence-electron chi connectivity index (χ0n) is 10.4. The van der Waals surface area contributed by atoms with Gasteiger partial charge in [0.2, 0.25) is 5.91 Å². The minimum Gasteiger partial charge on any atom is -0.273 e. The van der Waals surface area contributed by atoms with E-state index in [1.165, 1.54) is 5.56 Å². The van der Waals surface area contributed by atoms with Gasteiger partial charge >= 0.3 is 0 Å². The molecule has 0 saturated carbocycles. The second-order valence-electron chi connectivity index (χ2n) is 4.63. The minimum atomic E-state index is 0.000177. The lowest BCUT2D eigenvalue weighted by atomic mass is 9.93. The Bertz CT molecular complexity index is 453. The predicted molar refractivity (Wildman–Crippen MR) is 77.0 cm³/mol. The first-order valence-corrected chi connectivity index (χ1v) is 7.34. The van der Waals surface area contributed by atoms with Crippen LogP contribution >= 0.6 is 15.9 Å². The topological polar surface area (TPSA) is 41.5 Å². The Morgan fingerprint density at radius 3 is 2.72 bits per heavy atom. The number of hydrogen-bond acceptors (Lipinski definition) is 2. The summed E-state index contributed by atoms with van der Waals surface area (Å²) < 4.78 is 0. The van der Waals surface area contributed by atoms with Crippen molar-refractivity contribution in [2.24, 2.45) is 11.0 Å². The van der Waals surface area contributed by atoms with Gasteiger partial charge in [-0.2, -0.15) is 5.10 Å². The van der Waals surface area contributed by atoms with Crippen molar-refractivity contribution in [1.82, 2.24) is 5.43 Å². The maximum atomic E-state index is 11.2. The van der Waals surface area contributed by atoms with Crippen LogP contribution in [0.1, 0.15) is 30.9 Å². The molecule has 1 aliphatic rings. The van der Waals surface area contributed by atoms with Gasteiger partial charge in [-0.25, -0.2) is 5.43 Å². The molecule has 0 fully saturated rings. The number of alkyl halides is 1. The van der Waals surface area contributed by atoms with E-state index >= 15 is 0 Å². The lowest BCUT2D eigenvalue weighted by molar-refractivity contribution is -0.121. The van der Waals surface area contributed by atoms with Gasteiger partial charge in [-0.15, -0.1) is 0 Å². The van der Waals surface area contributed by atoms with Crippen LogP contribution in [0.4, 0.5) is 0 Å². The van der Waals surface area contributed by atoms with Crippen LogP contribution in [-0.4, -0.2) is 16.9 Å². The van der Waals surface area contributed by atoms with Crippen molar-refractivity contribution < 1.29 is 4.79 Å². The van der Waals surface area contributed by atoms with E-state index in [1.807, 2.05) is 6.92 Å². The van der Waals surface area contributed by atoms with Gasteiger partial charge in [-0.05, 0) is 24.0 Å². The van der Waals surface area contributed by atoms with Crippen LogP contribution in [0.3, 0.4) is 0 Å². The van der Waals surface area contributed by atoms with E-state index < -0.39 is 0 Å². The molecule has 1 unspecified atom stereocenters. The Hall–Kier alpha value is -1.16. The van der Waals surface area contributed by atoms with Gasteiger partial charge in [0.1, 0.15) is 0 Å². The highest BCUT2D eigenvalue weighted by atomic mass is 79.9. The molecule has 0 bridgehead atoms. The average Bonchev–Trinajstić information content (AvgIpc) is 2.37. The van der Waals surface area contributed by atoms with Gasteiger partial charge < -0.3 is 0 Å². The first-order valence-electron chi connectivity index (χ1n) is 6.22. The van der Waals surface area contributed by atoms with Gasteiger partial charge in [0.15, 0.2) is 0 Å². The molecule has 1 aromatic rings. The monoisotopic (exact) mass is 308 g/mol. The number of carbonyl (C=O) groups excluding carboxylic acids is 1. The highest BCUT2D eigenvalue weighted by Gasteiger charge is 2.21. The van der Waals surface area contributed by atoms with Crippen molar-refractivity contribution in [3.63, 3.8) is 0 Å². The largest absolute Gasteiger partial charge is 0.273 e. The van der Waals surface area contributed by atoms with Crippen LogP contribution in [0.15, 0.2) is 29.4 Å². The second-order valence-corrected chi connectivity index (χ2v) is 5.42. The molecule has 0 aromatic heterocycles. The van der Waals surface area contributed by atoms with Gasteiger partial charge in [0.05, 0.1) is 5.71 Å². The first kappa shape index (κ1) is 13.3. The minimum absolute atomic E-state index is 0.000177. The van der Waals surface area contributed by atoms with Gasteiger partial charge in [-0.1, -0.05) is 47.1 Å². The van der Waals surface area contributed by atoms with Crippen LogP contribution in [0.25, 0.3) is 0 Å². The summed E-state index contributed by atoms with van der Waals surface area (Å²) in [5.41, 5.74) is 5.97. The van der Waals surface area contributed by atoms with Gasteiger partial charge in [0, 0.05) is 17.7 Å². The third-order valence-corrected chi connectivity index (χ3v) is 3.67. The maximum Gasteiger partial charge on any atom is 0.240 e. The zero-order valence-corrected chi connectivity index (χ0v) is 12.0. The summed E-state index contributed by atoms with van der Waals surface area (Å²) in [6.45, 7) is 2.04. The summed E-state index contributed by atoms with van der Waals surface area (Å²) in [7, 11) is 0. The summed E-state index contributed by atoms with van der Waals surface area (Å²) in [5.74, 6) is 0.187. The lowest BCUT2D eigenvalue weighted by Crippen LogP contribution is -2.31. The molecule has 1 heterocycles. The fourth-order valence-electron chi connectivity index (χ4n) is 2.12. The molecule has 1 N–H and O–H groups in total. The van der Waals surface area contributed by atoms with Crippen molar-refractivity contribution in [2.45, 2.75) is 26.2 Å². The molecular weight excluding hydrogens is 292 g/mol. The van der Waals surface area contributed by atoms with Crippen molar-refractivity contribution in [1.29, 1.82) is 0 Å². The molecular formula is C14H17BrN2O. The molecule has 0 spiro atoms. The summed E-state index contributed by atoms with van der Waals surface area (Å²) in [6.07, 6.45) is 2.75. The number of hydrogen-bond donors (Lipinski definition) is 1. The Labute approximate surface area is 116 Å². The average molecular weight is 309 g/mol. The van der Waals surface area contributed by atoms with Crippen LogP contribution in [0.2, 0.25) is 0 Å². The van der Waals surface area contributed by atoms with Crippen LogP contribution < -0.4 is 5.43 Å². The number of carbonyl (C=O) groups is 1. The quantitative estimate of drug-likeness (QED) is 0.854. The number of nitrogens with zero attached hydrogens (tertiary/aromatic N) is 1. The van der Waals surface area contributed by atoms with Crippen molar-refractivity contribution in [3.05, 3.63) is 35.4 Å². The Balaban J connectivity index is 2.12. The van der Waals surface area contributed by atoms with E-state index in [1.54, 1.807) is 0 Å². The van der Waals surface area contributed by atoms with Crippen molar-refractivity contribution in [3.8, 4) is 0 Å². The summed E-state index contributed by atoms with van der Waals surface area (Å²) in [5, 5.41) is 5.20. The smallest absolute Gasteiger partial charge is 0.240 e. The molecule has 1 amide bonds. The normalized spacial score (nSPS) is 19.3. The summed E-state index contributed by atoms with van der Waals surface area (Å²) in [4.78, 5) is 11.2. The lowest BCUT2D eigenvalue weighted by Gasteiger charge is -2.19. The third kappa shape index (κ3) is 3.19. The Morgan fingerprint density at radius 1 is 1.39 bits per heavy atom. The number of rotatable bonds is 4. The van der Waals surface area contributed by atoms with Crippen molar-refractivity contribution in [2.75, 3.05) is 5.33 Å². The number of nitrogens with one attached hydrogen (secondary N) is 1. The highest BCUT2D eigenvalue weighted by Crippen LogP contribution is 2.17. The maximum absolute atomic E-state index is 11.2. The Morgan fingerprint density at radius 2 is 2.11 bits per heavy atom. The van der Waals surface area contributed by atoms with Crippen LogP contribution in [0, 0.1) is 5.92 Å². The van der Waals surface area contributed by atoms with Gasteiger partial charge in [-0.3, -0.25) is 4.79 Å². The predicted octanol–water partition coefficient (Wildman–Crippen LogP) is 2.87. The summed E-state index contributed by atoms with van der Waals surface area (Å²) in [6, 6.07) is 8.47. The van der Waals surface area contributed by atoms with E-state index in [4.69, 9.17) is 0 Å².